The van der Waals surface area contributed by atoms with E-state index in [9.17, 15) is 10.2 Å². The Labute approximate surface area is 102 Å². The highest BCUT2D eigenvalue weighted by atomic mass is 16.3. The largest absolute Gasteiger partial charge is 0.389 e. The standard InChI is InChI=1S/C13H20N2O2/c1-14-6-10-2-4-11(5-3-10)7-15-8-12(16)13(17)9-15/h2-5,12-14,16-17H,6-9H2,1H3. The van der Waals surface area contributed by atoms with Gasteiger partial charge in [0.05, 0.1) is 12.2 Å². The van der Waals surface area contributed by atoms with Gasteiger partial charge in [0.25, 0.3) is 0 Å². The molecule has 1 heterocycles. The first-order valence-corrected chi connectivity index (χ1v) is 6.00. The van der Waals surface area contributed by atoms with Gasteiger partial charge in [0.15, 0.2) is 0 Å². The molecule has 2 rings (SSSR count). The SMILES string of the molecule is CNCc1ccc(CN2CC(O)C(O)C2)cc1. The molecule has 1 aliphatic rings. The van der Waals surface area contributed by atoms with Crippen LogP contribution in [0.1, 0.15) is 11.1 Å². The molecule has 1 aromatic rings. The average molecular weight is 236 g/mol. The Morgan fingerprint density at radius 1 is 1.12 bits per heavy atom. The minimum Gasteiger partial charge on any atom is -0.389 e. The minimum absolute atomic E-state index is 0.555. The van der Waals surface area contributed by atoms with Gasteiger partial charge in [-0.05, 0) is 18.2 Å². The van der Waals surface area contributed by atoms with Crippen LogP contribution in [0.5, 0.6) is 0 Å². The summed E-state index contributed by atoms with van der Waals surface area (Å²) in [5.74, 6) is 0. The Balaban J connectivity index is 1.91. The Bertz CT molecular complexity index is 343. The molecular weight excluding hydrogens is 216 g/mol. The third-order valence-corrected chi connectivity index (χ3v) is 3.14. The van der Waals surface area contributed by atoms with Gasteiger partial charge in [-0.3, -0.25) is 4.90 Å². The lowest BCUT2D eigenvalue weighted by atomic mass is 10.1. The van der Waals surface area contributed by atoms with Crippen LogP contribution >= 0.6 is 0 Å². The van der Waals surface area contributed by atoms with Gasteiger partial charge in [-0.25, -0.2) is 0 Å². The molecule has 1 saturated heterocycles. The van der Waals surface area contributed by atoms with Crippen LogP contribution in [0, 0.1) is 0 Å². The van der Waals surface area contributed by atoms with Crippen molar-refractivity contribution in [1.82, 2.24) is 10.2 Å². The van der Waals surface area contributed by atoms with Gasteiger partial charge in [0, 0.05) is 26.2 Å². The van der Waals surface area contributed by atoms with E-state index in [1.807, 2.05) is 7.05 Å². The summed E-state index contributed by atoms with van der Waals surface area (Å²) in [6, 6.07) is 8.41. The smallest absolute Gasteiger partial charge is 0.0938 e. The molecule has 0 amide bonds. The van der Waals surface area contributed by atoms with E-state index in [-0.39, 0.29) is 0 Å². The maximum atomic E-state index is 9.46. The highest BCUT2D eigenvalue weighted by Crippen LogP contribution is 2.14. The normalized spacial score (nSPS) is 25.4. The third-order valence-electron chi connectivity index (χ3n) is 3.14. The number of likely N-dealkylation sites (tertiary alicyclic amines) is 1. The summed E-state index contributed by atoms with van der Waals surface area (Å²) in [6.07, 6.45) is -1.20. The van der Waals surface area contributed by atoms with Crippen molar-refractivity contribution in [3.63, 3.8) is 0 Å². The van der Waals surface area contributed by atoms with Crippen molar-refractivity contribution in [2.75, 3.05) is 20.1 Å². The summed E-state index contributed by atoms with van der Waals surface area (Å²) >= 11 is 0. The summed E-state index contributed by atoms with van der Waals surface area (Å²) in [5.41, 5.74) is 2.48. The number of benzene rings is 1. The second-order valence-corrected chi connectivity index (χ2v) is 4.68. The average Bonchev–Trinajstić information content (AvgIpc) is 2.61. The molecule has 4 heteroatoms. The maximum absolute atomic E-state index is 9.46. The molecule has 1 fully saturated rings. The first-order chi connectivity index (χ1) is 8.19. The van der Waals surface area contributed by atoms with Crippen LogP contribution in [0.25, 0.3) is 0 Å². The maximum Gasteiger partial charge on any atom is 0.0938 e. The lowest BCUT2D eigenvalue weighted by Gasteiger charge is -2.14. The van der Waals surface area contributed by atoms with E-state index in [1.54, 1.807) is 0 Å². The number of nitrogens with one attached hydrogen (secondary N) is 1. The lowest BCUT2D eigenvalue weighted by molar-refractivity contribution is 0.0572. The predicted octanol–water partition coefficient (Wildman–Crippen LogP) is -0.0566. The molecule has 3 N–H and O–H groups in total. The lowest BCUT2D eigenvalue weighted by Crippen LogP contribution is -2.22. The summed E-state index contributed by atoms with van der Waals surface area (Å²) < 4.78 is 0. The van der Waals surface area contributed by atoms with Gasteiger partial charge in [-0.15, -0.1) is 0 Å². The molecule has 94 valence electrons. The van der Waals surface area contributed by atoms with Crippen LogP contribution in [0.15, 0.2) is 24.3 Å². The molecular formula is C13H20N2O2. The van der Waals surface area contributed by atoms with Gasteiger partial charge in [0.2, 0.25) is 0 Å². The van der Waals surface area contributed by atoms with Crippen LogP contribution in [-0.2, 0) is 13.1 Å². The van der Waals surface area contributed by atoms with Gasteiger partial charge in [-0.2, -0.15) is 0 Å². The molecule has 17 heavy (non-hydrogen) atoms. The highest BCUT2D eigenvalue weighted by molar-refractivity contribution is 5.22. The zero-order valence-electron chi connectivity index (χ0n) is 10.1. The van der Waals surface area contributed by atoms with Crippen LogP contribution in [0.2, 0.25) is 0 Å². The van der Waals surface area contributed by atoms with Crippen molar-refractivity contribution < 1.29 is 10.2 Å². The van der Waals surface area contributed by atoms with Crippen LogP contribution in [0.4, 0.5) is 0 Å². The van der Waals surface area contributed by atoms with E-state index in [4.69, 9.17) is 0 Å². The molecule has 0 aliphatic carbocycles. The van der Waals surface area contributed by atoms with E-state index in [1.165, 1.54) is 11.1 Å². The van der Waals surface area contributed by atoms with Gasteiger partial charge in [0.1, 0.15) is 0 Å². The predicted molar refractivity (Wildman–Crippen MR) is 66.5 cm³/mol. The monoisotopic (exact) mass is 236 g/mol. The van der Waals surface area contributed by atoms with E-state index >= 15 is 0 Å². The van der Waals surface area contributed by atoms with Crippen LogP contribution in [0.3, 0.4) is 0 Å². The fraction of sp³-hybridized carbons (Fsp3) is 0.538. The second-order valence-electron chi connectivity index (χ2n) is 4.68. The Hall–Kier alpha value is -0.940. The van der Waals surface area contributed by atoms with Crippen molar-refractivity contribution >= 4 is 0 Å². The zero-order chi connectivity index (χ0) is 12.3. The van der Waals surface area contributed by atoms with E-state index in [2.05, 4.69) is 34.5 Å². The summed E-state index contributed by atoms with van der Waals surface area (Å²) in [6.45, 7) is 2.77. The fourth-order valence-corrected chi connectivity index (χ4v) is 2.20. The first-order valence-electron chi connectivity index (χ1n) is 6.00. The number of aliphatic hydroxyl groups is 2. The molecule has 0 saturated carbocycles. The van der Waals surface area contributed by atoms with E-state index < -0.39 is 12.2 Å². The summed E-state index contributed by atoms with van der Waals surface area (Å²) in [4.78, 5) is 2.07. The second kappa shape index (κ2) is 5.60. The molecule has 4 nitrogen and oxygen atoms in total. The number of β-amino-alcohol motifs (C(OH)–C–C–N with tert-alkyl or cyclic N) is 2. The molecule has 1 aliphatic heterocycles. The van der Waals surface area contributed by atoms with Gasteiger partial charge in [-0.1, -0.05) is 24.3 Å². The fourth-order valence-electron chi connectivity index (χ4n) is 2.20. The Morgan fingerprint density at radius 3 is 2.18 bits per heavy atom. The molecule has 0 aromatic heterocycles. The molecule has 2 unspecified atom stereocenters. The number of aliphatic hydroxyl groups excluding tert-OH is 2. The number of rotatable bonds is 4. The Kier molecular flexibility index (Phi) is 4.12. The Morgan fingerprint density at radius 2 is 1.65 bits per heavy atom. The highest BCUT2D eigenvalue weighted by Gasteiger charge is 2.29. The topological polar surface area (TPSA) is 55.7 Å². The third kappa shape index (κ3) is 3.26. The number of nitrogens with zero attached hydrogens (tertiary/aromatic N) is 1. The van der Waals surface area contributed by atoms with Crippen molar-refractivity contribution in [3.05, 3.63) is 35.4 Å². The quantitative estimate of drug-likeness (QED) is 0.686. The van der Waals surface area contributed by atoms with Gasteiger partial charge >= 0.3 is 0 Å². The molecule has 0 spiro atoms. The first kappa shape index (κ1) is 12.5. The molecule has 0 radical (unpaired) electrons. The van der Waals surface area contributed by atoms with Crippen LogP contribution in [-0.4, -0.2) is 47.5 Å². The van der Waals surface area contributed by atoms with Crippen molar-refractivity contribution in [2.24, 2.45) is 0 Å². The van der Waals surface area contributed by atoms with E-state index in [0.29, 0.717) is 13.1 Å². The summed E-state index contributed by atoms with van der Waals surface area (Å²) in [7, 11) is 1.93. The number of hydrogen-bond acceptors (Lipinski definition) is 4. The van der Waals surface area contributed by atoms with Crippen molar-refractivity contribution in [2.45, 2.75) is 25.3 Å². The van der Waals surface area contributed by atoms with Gasteiger partial charge < -0.3 is 15.5 Å². The molecule has 0 bridgehead atoms. The summed E-state index contributed by atoms with van der Waals surface area (Å²) in [5, 5.41) is 22.0. The van der Waals surface area contributed by atoms with E-state index in [0.717, 1.165) is 13.1 Å². The molecule has 2 atom stereocenters. The number of hydrogen-bond donors (Lipinski definition) is 3. The van der Waals surface area contributed by atoms with Crippen molar-refractivity contribution in [3.8, 4) is 0 Å². The zero-order valence-corrected chi connectivity index (χ0v) is 10.1. The van der Waals surface area contributed by atoms with Crippen molar-refractivity contribution in [1.29, 1.82) is 0 Å². The molecule has 1 aromatic carbocycles. The van der Waals surface area contributed by atoms with Crippen LogP contribution < -0.4 is 5.32 Å². The minimum atomic E-state index is -0.599.